The number of benzene rings is 1. The predicted octanol–water partition coefficient (Wildman–Crippen LogP) is 0.475. The minimum absolute atomic E-state index is 0.163. The molecule has 2 rings (SSSR count). The molecule has 20 heavy (non-hydrogen) atoms. The molecule has 1 atom stereocenters. The molecule has 1 unspecified atom stereocenters. The summed E-state index contributed by atoms with van der Waals surface area (Å²) in [4.78, 5) is 24.7. The van der Waals surface area contributed by atoms with E-state index in [2.05, 4.69) is 5.32 Å². The van der Waals surface area contributed by atoms with Crippen LogP contribution in [-0.2, 0) is 9.53 Å². The smallest absolute Gasteiger partial charge is 0.337 e. The Bertz CT molecular complexity index is 535. The van der Waals surface area contributed by atoms with Gasteiger partial charge in [-0.3, -0.25) is 4.79 Å². The molecule has 1 saturated heterocycles. The largest absolute Gasteiger partial charge is 0.478 e. The highest BCUT2D eigenvalue weighted by atomic mass is 19.1. The van der Waals surface area contributed by atoms with Gasteiger partial charge in [0.2, 0.25) is 5.91 Å². The Morgan fingerprint density at radius 2 is 2.25 bits per heavy atom. The van der Waals surface area contributed by atoms with Crippen molar-refractivity contribution in [1.82, 2.24) is 5.32 Å². The van der Waals surface area contributed by atoms with E-state index in [0.717, 1.165) is 6.07 Å². The Labute approximate surface area is 115 Å². The van der Waals surface area contributed by atoms with E-state index < -0.39 is 17.8 Å². The van der Waals surface area contributed by atoms with E-state index in [0.29, 0.717) is 18.8 Å². The molecule has 1 amide bonds. The number of carboxylic acids is 1. The number of halogens is 1. The summed E-state index contributed by atoms with van der Waals surface area (Å²) in [5, 5.41) is 11.7. The molecule has 0 spiro atoms. The van der Waals surface area contributed by atoms with Crippen molar-refractivity contribution in [3.05, 3.63) is 29.6 Å². The van der Waals surface area contributed by atoms with E-state index in [1.54, 1.807) is 4.90 Å². The number of nitrogens with one attached hydrogen (secondary N) is 1. The Morgan fingerprint density at radius 3 is 2.90 bits per heavy atom. The van der Waals surface area contributed by atoms with E-state index in [1.807, 2.05) is 0 Å². The number of nitrogens with zero attached hydrogens (tertiary/aromatic N) is 1. The van der Waals surface area contributed by atoms with Crippen LogP contribution < -0.4 is 10.2 Å². The van der Waals surface area contributed by atoms with Crippen molar-refractivity contribution >= 4 is 17.6 Å². The van der Waals surface area contributed by atoms with E-state index in [1.165, 1.54) is 19.2 Å². The molecule has 0 saturated carbocycles. The first-order valence-electron chi connectivity index (χ1n) is 6.13. The fourth-order valence-electron chi connectivity index (χ4n) is 2.21. The molecule has 1 fully saturated rings. The zero-order valence-corrected chi connectivity index (χ0v) is 10.9. The molecule has 108 valence electrons. The zero-order chi connectivity index (χ0) is 14.7. The van der Waals surface area contributed by atoms with Crippen LogP contribution in [-0.4, -0.2) is 49.8 Å². The van der Waals surface area contributed by atoms with Crippen molar-refractivity contribution in [2.75, 3.05) is 31.7 Å². The Hall–Kier alpha value is -2.15. The van der Waals surface area contributed by atoms with Crippen LogP contribution in [0.2, 0.25) is 0 Å². The van der Waals surface area contributed by atoms with Gasteiger partial charge >= 0.3 is 5.97 Å². The first-order chi connectivity index (χ1) is 9.54. The molecule has 6 nitrogen and oxygen atoms in total. The lowest BCUT2D eigenvalue weighted by atomic mass is 10.1. The number of anilines is 1. The van der Waals surface area contributed by atoms with Gasteiger partial charge in [0.25, 0.3) is 0 Å². The number of rotatable bonds is 3. The van der Waals surface area contributed by atoms with Crippen LogP contribution in [0.25, 0.3) is 0 Å². The monoisotopic (exact) mass is 282 g/mol. The standard InChI is InChI=1S/C13H15FN2O4/c1-15-12(17)11-7-20-5-4-16(11)10-3-2-8(14)6-9(10)13(18)19/h2-3,6,11H,4-5,7H2,1H3,(H,15,17)(H,18,19). The number of amides is 1. The van der Waals surface area contributed by atoms with Gasteiger partial charge in [0.05, 0.1) is 24.5 Å². The van der Waals surface area contributed by atoms with Crippen molar-refractivity contribution in [3.8, 4) is 0 Å². The molecule has 0 aromatic heterocycles. The van der Waals surface area contributed by atoms with Gasteiger partial charge in [0, 0.05) is 13.6 Å². The summed E-state index contributed by atoms with van der Waals surface area (Å²) in [5.74, 6) is -2.14. The summed E-state index contributed by atoms with van der Waals surface area (Å²) >= 11 is 0. The van der Waals surface area contributed by atoms with Crippen molar-refractivity contribution in [2.45, 2.75) is 6.04 Å². The lowest BCUT2D eigenvalue weighted by Gasteiger charge is -2.36. The average molecular weight is 282 g/mol. The summed E-state index contributed by atoms with van der Waals surface area (Å²) in [6.07, 6.45) is 0. The maximum Gasteiger partial charge on any atom is 0.337 e. The molecule has 1 aliphatic heterocycles. The third-order valence-electron chi connectivity index (χ3n) is 3.18. The second-order valence-corrected chi connectivity index (χ2v) is 4.36. The highest BCUT2D eigenvalue weighted by Crippen LogP contribution is 2.25. The summed E-state index contributed by atoms with van der Waals surface area (Å²) in [5.41, 5.74) is 0.150. The van der Waals surface area contributed by atoms with Gasteiger partial charge in [-0.25, -0.2) is 9.18 Å². The molecule has 2 N–H and O–H groups in total. The van der Waals surface area contributed by atoms with Gasteiger partial charge in [-0.1, -0.05) is 0 Å². The Morgan fingerprint density at radius 1 is 1.50 bits per heavy atom. The first kappa shape index (κ1) is 14.3. The van der Waals surface area contributed by atoms with Crippen LogP contribution in [0.1, 0.15) is 10.4 Å². The van der Waals surface area contributed by atoms with Gasteiger partial charge < -0.3 is 20.1 Å². The number of carboxylic acid groups (broad SMARTS) is 1. The third kappa shape index (κ3) is 2.72. The molecule has 1 aromatic rings. The number of hydrogen-bond acceptors (Lipinski definition) is 4. The maximum absolute atomic E-state index is 13.2. The van der Waals surface area contributed by atoms with Gasteiger partial charge in [0.15, 0.2) is 0 Å². The number of aromatic carboxylic acids is 1. The molecule has 7 heteroatoms. The van der Waals surface area contributed by atoms with E-state index in [4.69, 9.17) is 4.74 Å². The van der Waals surface area contributed by atoms with E-state index in [9.17, 15) is 19.1 Å². The lowest BCUT2D eigenvalue weighted by molar-refractivity contribution is -0.124. The molecule has 1 heterocycles. The fraction of sp³-hybridized carbons (Fsp3) is 0.385. The van der Waals surface area contributed by atoms with E-state index >= 15 is 0 Å². The van der Waals surface area contributed by atoms with Crippen LogP contribution in [0.15, 0.2) is 18.2 Å². The Balaban J connectivity index is 2.42. The number of likely N-dealkylation sites (N-methyl/N-ethyl adjacent to an activating group) is 1. The molecular formula is C13H15FN2O4. The number of hydrogen-bond donors (Lipinski definition) is 2. The lowest BCUT2D eigenvalue weighted by Crippen LogP contribution is -2.53. The normalized spacial score (nSPS) is 18.7. The average Bonchev–Trinajstić information content (AvgIpc) is 2.46. The van der Waals surface area contributed by atoms with E-state index in [-0.39, 0.29) is 18.1 Å². The number of ether oxygens (including phenoxy) is 1. The molecular weight excluding hydrogens is 267 g/mol. The van der Waals surface area contributed by atoms with Crippen LogP contribution in [0, 0.1) is 5.82 Å². The summed E-state index contributed by atoms with van der Waals surface area (Å²) in [6.45, 7) is 0.907. The SMILES string of the molecule is CNC(=O)C1COCCN1c1ccc(F)cc1C(=O)O. The van der Waals surface area contributed by atoms with Crippen LogP contribution in [0.5, 0.6) is 0 Å². The van der Waals surface area contributed by atoms with Crippen molar-refractivity contribution < 1.29 is 23.8 Å². The van der Waals surface area contributed by atoms with Crippen molar-refractivity contribution in [3.63, 3.8) is 0 Å². The predicted molar refractivity (Wildman–Crippen MR) is 69.4 cm³/mol. The minimum atomic E-state index is -1.23. The van der Waals surface area contributed by atoms with Crippen LogP contribution >= 0.6 is 0 Å². The second kappa shape index (κ2) is 5.87. The quantitative estimate of drug-likeness (QED) is 0.843. The fourth-order valence-corrected chi connectivity index (χ4v) is 2.21. The van der Waals surface area contributed by atoms with Gasteiger partial charge in [-0.05, 0) is 18.2 Å². The zero-order valence-electron chi connectivity index (χ0n) is 10.9. The topological polar surface area (TPSA) is 78.9 Å². The van der Waals surface area contributed by atoms with Crippen LogP contribution in [0.4, 0.5) is 10.1 Å². The Kier molecular flexibility index (Phi) is 4.19. The second-order valence-electron chi connectivity index (χ2n) is 4.36. The highest BCUT2D eigenvalue weighted by Gasteiger charge is 2.31. The highest BCUT2D eigenvalue weighted by molar-refractivity contribution is 5.96. The van der Waals surface area contributed by atoms with Crippen molar-refractivity contribution in [2.24, 2.45) is 0 Å². The number of carbonyl (C=O) groups excluding carboxylic acids is 1. The molecule has 1 aliphatic rings. The summed E-state index contributed by atoms with van der Waals surface area (Å²) in [7, 11) is 1.50. The van der Waals surface area contributed by atoms with Gasteiger partial charge in [-0.15, -0.1) is 0 Å². The summed E-state index contributed by atoms with van der Waals surface area (Å²) < 4.78 is 18.5. The molecule has 0 radical (unpaired) electrons. The molecule has 0 aliphatic carbocycles. The summed E-state index contributed by atoms with van der Waals surface area (Å²) in [6, 6.07) is 2.88. The maximum atomic E-state index is 13.2. The number of carbonyl (C=O) groups is 2. The molecule has 0 bridgehead atoms. The van der Waals surface area contributed by atoms with Crippen molar-refractivity contribution in [1.29, 1.82) is 0 Å². The van der Waals surface area contributed by atoms with Gasteiger partial charge in [0.1, 0.15) is 11.9 Å². The van der Waals surface area contributed by atoms with Crippen LogP contribution in [0.3, 0.4) is 0 Å². The minimum Gasteiger partial charge on any atom is -0.478 e. The molecule has 1 aromatic carbocycles. The first-order valence-corrected chi connectivity index (χ1v) is 6.13. The van der Waals surface area contributed by atoms with Gasteiger partial charge in [-0.2, -0.15) is 0 Å². The number of morpholine rings is 1. The third-order valence-corrected chi connectivity index (χ3v) is 3.18.